The summed E-state index contributed by atoms with van der Waals surface area (Å²) in [5.41, 5.74) is 1.84. The molecule has 0 bridgehead atoms. The number of rotatable bonds is 4. The first-order valence-electron chi connectivity index (χ1n) is 9.07. The summed E-state index contributed by atoms with van der Waals surface area (Å²) in [6.07, 6.45) is 0.646. The second kappa shape index (κ2) is 7.16. The predicted molar refractivity (Wildman–Crippen MR) is 103 cm³/mol. The molecule has 1 saturated heterocycles. The molecule has 0 aliphatic carbocycles. The van der Waals surface area contributed by atoms with Gasteiger partial charge in [0.15, 0.2) is 12.3 Å². The maximum absolute atomic E-state index is 13.5. The van der Waals surface area contributed by atoms with Crippen molar-refractivity contribution in [1.29, 1.82) is 0 Å². The minimum absolute atomic E-state index is 0.181. The van der Waals surface area contributed by atoms with E-state index in [1.54, 1.807) is 30.3 Å². The van der Waals surface area contributed by atoms with Crippen LogP contribution in [0.5, 0.6) is 0 Å². The number of benzene rings is 2. The highest BCUT2D eigenvalue weighted by Gasteiger charge is 2.51. The summed E-state index contributed by atoms with van der Waals surface area (Å²) < 4.78 is 39.7. The van der Waals surface area contributed by atoms with Crippen molar-refractivity contribution in [2.75, 3.05) is 0 Å². The van der Waals surface area contributed by atoms with Crippen LogP contribution in [0.2, 0.25) is 0 Å². The molecule has 0 spiro atoms. The third-order valence-electron chi connectivity index (χ3n) is 5.06. The number of sulfonamides is 1. The van der Waals surface area contributed by atoms with Crippen molar-refractivity contribution >= 4 is 16.0 Å². The Balaban J connectivity index is 1.75. The Morgan fingerprint density at radius 2 is 1.68 bits per heavy atom. The van der Waals surface area contributed by atoms with Gasteiger partial charge >= 0.3 is 5.97 Å². The maximum atomic E-state index is 13.5. The Morgan fingerprint density at radius 3 is 2.29 bits per heavy atom. The molecule has 2 aliphatic heterocycles. The smallest absolute Gasteiger partial charge is 0.331 e. The van der Waals surface area contributed by atoms with Crippen molar-refractivity contribution in [1.82, 2.24) is 4.31 Å². The molecule has 1 fully saturated rings. The fourth-order valence-electron chi connectivity index (χ4n) is 3.64. The van der Waals surface area contributed by atoms with Crippen LogP contribution in [0.4, 0.5) is 0 Å². The fraction of sp³-hybridized carbons (Fsp3) is 0.286. The van der Waals surface area contributed by atoms with Crippen LogP contribution >= 0.6 is 0 Å². The van der Waals surface area contributed by atoms with Crippen LogP contribution in [-0.2, 0) is 24.3 Å². The van der Waals surface area contributed by atoms with Gasteiger partial charge in [-0.05, 0) is 37.6 Å². The number of cyclic esters (lactones) is 1. The summed E-state index contributed by atoms with van der Waals surface area (Å²) in [5, 5.41) is 0. The topological polar surface area (TPSA) is 72.9 Å². The van der Waals surface area contributed by atoms with Crippen molar-refractivity contribution < 1.29 is 22.7 Å². The first-order valence-corrected chi connectivity index (χ1v) is 10.5. The van der Waals surface area contributed by atoms with E-state index in [0.29, 0.717) is 0 Å². The molecule has 2 aromatic rings. The van der Waals surface area contributed by atoms with Gasteiger partial charge < -0.3 is 9.47 Å². The normalized spacial score (nSPS) is 27.9. The minimum atomic E-state index is -3.87. The molecule has 4 atom stereocenters. The van der Waals surface area contributed by atoms with Crippen LogP contribution in [0.3, 0.4) is 0 Å². The Labute approximate surface area is 164 Å². The first kappa shape index (κ1) is 18.9. The number of carbonyl (C=O) groups excluding carboxylic acids is 1. The number of esters is 1. The predicted octanol–water partition coefficient (Wildman–Crippen LogP) is 2.95. The fourth-order valence-corrected chi connectivity index (χ4v) is 5.35. The Hall–Kier alpha value is -2.48. The number of hydrogen-bond acceptors (Lipinski definition) is 5. The summed E-state index contributed by atoms with van der Waals surface area (Å²) in [5.74, 6) is -0.503. The van der Waals surface area contributed by atoms with Crippen molar-refractivity contribution in [2.24, 2.45) is 0 Å². The average Bonchev–Trinajstić information content (AvgIpc) is 3.26. The molecular formula is C21H21NO5S. The Bertz CT molecular complexity index is 1000. The van der Waals surface area contributed by atoms with Crippen LogP contribution in [0.25, 0.3) is 0 Å². The monoisotopic (exact) mass is 399 g/mol. The number of carbonyl (C=O) groups is 1. The lowest BCUT2D eigenvalue weighted by Crippen LogP contribution is -2.46. The van der Waals surface area contributed by atoms with Gasteiger partial charge in [0.2, 0.25) is 10.0 Å². The molecule has 4 rings (SSSR count). The van der Waals surface area contributed by atoms with Crippen LogP contribution < -0.4 is 0 Å². The maximum Gasteiger partial charge on any atom is 0.331 e. The van der Waals surface area contributed by atoms with Crippen molar-refractivity contribution in [3.63, 3.8) is 0 Å². The van der Waals surface area contributed by atoms with Crippen LogP contribution in [0.15, 0.2) is 71.6 Å². The Kier molecular flexibility index (Phi) is 4.82. The van der Waals surface area contributed by atoms with Crippen molar-refractivity contribution in [2.45, 2.75) is 43.2 Å². The van der Waals surface area contributed by atoms with Gasteiger partial charge in [-0.15, -0.1) is 0 Å². The van der Waals surface area contributed by atoms with E-state index in [4.69, 9.17) is 9.47 Å². The molecule has 2 aromatic carbocycles. The number of ether oxygens (including phenoxy) is 2. The molecular weight excluding hydrogens is 378 g/mol. The lowest BCUT2D eigenvalue weighted by atomic mass is 10.0. The minimum Gasteiger partial charge on any atom is -0.451 e. The number of hydrogen-bond donors (Lipinski definition) is 0. The lowest BCUT2D eigenvalue weighted by Gasteiger charge is -2.28. The quantitative estimate of drug-likeness (QED) is 0.739. The highest BCUT2D eigenvalue weighted by atomic mass is 32.2. The SMILES string of the molecule is Cc1ccc(S(=O)(=O)N2[C@@H]([C@H]3C=CC(=O)O3)O[C@H](c3ccccc3)[C@@H]2C)cc1. The molecule has 0 aromatic heterocycles. The second-order valence-electron chi connectivity index (χ2n) is 7.01. The summed E-state index contributed by atoms with van der Waals surface area (Å²) in [4.78, 5) is 11.8. The molecule has 7 heteroatoms. The summed E-state index contributed by atoms with van der Waals surface area (Å²) in [6, 6.07) is 15.7. The van der Waals surface area contributed by atoms with E-state index in [2.05, 4.69) is 0 Å². The molecule has 2 heterocycles. The van der Waals surface area contributed by atoms with Crippen LogP contribution in [0.1, 0.15) is 24.2 Å². The summed E-state index contributed by atoms with van der Waals surface area (Å²) in [7, 11) is -3.87. The van der Waals surface area contributed by atoms with E-state index in [-0.39, 0.29) is 4.90 Å². The highest BCUT2D eigenvalue weighted by molar-refractivity contribution is 7.89. The van der Waals surface area contributed by atoms with E-state index in [1.165, 1.54) is 10.4 Å². The van der Waals surface area contributed by atoms with Gasteiger partial charge in [-0.3, -0.25) is 0 Å². The van der Waals surface area contributed by atoms with Gasteiger partial charge in [-0.25, -0.2) is 13.2 Å². The largest absolute Gasteiger partial charge is 0.451 e. The molecule has 146 valence electrons. The molecule has 0 saturated carbocycles. The van der Waals surface area contributed by atoms with E-state index in [1.807, 2.05) is 44.2 Å². The van der Waals surface area contributed by atoms with Crippen molar-refractivity contribution in [3.05, 3.63) is 77.9 Å². The third kappa shape index (κ3) is 3.26. The second-order valence-corrected chi connectivity index (χ2v) is 8.85. The molecule has 28 heavy (non-hydrogen) atoms. The zero-order chi connectivity index (χ0) is 19.9. The van der Waals surface area contributed by atoms with E-state index in [0.717, 1.165) is 11.1 Å². The van der Waals surface area contributed by atoms with Crippen molar-refractivity contribution in [3.8, 4) is 0 Å². The summed E-state index contributed by atoms with van der Waals surface area (Å²) in [6.45, 7) is 3.71. The van der Waals surface area contributed by atoms with Gasteiger partial charge in [-0.2, -0.15) is 4.31 Å². The van der Waals surface area contributed by atoms with Crippen LogP contribution in [-0.4, -0.2) is 37.1 Å². The lowest BCUT2D eigenvalue weighted by molar-refractivity contribution is -0.146. The van der Waals surface area contributed by atoms with Gasteiger partial charge in [0, 0.05) is 6.08 Å². The van der Waals surface area contributed by atoms with Gasteiger partial charge in [0.1, 0.15) is 6.10 Å². The number of nitrogens with zero attached hydrogens (tertiary/aromatic N) is 1. The van der Waals surface area contributed by atoms with E-state index in [9.17, 15) is 13.2 Å². The van der Waals surface area contributed by atoms with Gasteiger partial charge in [0.25, 0.3) is 0 Å². The molecule has 0 radical (unpaired) electrons. The first-order chi connectivity index (χ1) is 13.4. The van der Waals surface area contributed by atoms with Gasteiger partial charge in [-0.1, -0.05) is 48.0 Å². The van der Waals surface area contributed by atoms with E-state index >= 15 is 0 Å². The molecule has 6 nitrogen and oxygen atoms in total. The van der Waals surface area contributed by atoms with Gasteiger partial charge in [0.05, 0.1) is 10.9 Å². The van der Waals surface area contributed by atoms with Crippen LogP contribution in [0, 0.1) is 6.92 Å². The highest BCUT2D eigenvalue weighted by Crippen LogP contribution is 2.41. The zero-order valence-corrected chi connectivity index (χ0v) is 16.4. The van der Waals surface area contributed by atoms with E-state index < -0.39 is 40.5 Å². The average molecular weight is 399 g/mol. The molecule has 2 aliphatic rings. The standard InChI is InChI=1S/C21H21NO5S/c1-14-8-10-17(11-9-14)28(24,25)22-15(2)20(16-6-4-3-5-7-16)27-21(22)18-12-13-19(23)26-18/h3-13,15,18,20-21H,1-2H3/t15-,18+,20-,21+/m0/s1. The molecule has 0 N–H and O–H groups in total. The molecule has 0 amide bonds. The number of aryl methyl sites for hydroxylation is 1. The third-order valence-corrected chi connectivity index (χ3v) is 7.02. The Morgan fingerprint density at radius 1 is 1.00 bits per heavy atom. The zero-order valence-electron chi connectivity index (χ0n) is 15.6. The summed E-state index contributed by atoms with van der Waals surface area (Å²) >= 11 is 0. The molecule has 0 unspecified atom stereocenters.